The van der Waals surface area contributed by atoms with Crippen LogP contribution < -0.4 is 0 Å². The van der Waals surface area contributed by atoms with E-state index in [0.29, 0.717) is 11.2 Å². The van der Waals surface area contributed by atoms with Crippen molar-refractivity contribution < 1.29 is 4.52 Å². The Morgan fingerprint density at radius 2 is 2.04 bits per heavy atom. The van der Waals surface area contributed by atoms with Crippen molar-refractivity contribution in [1.82, 2.24) is 29.6 Å². The number of likely N-dealkylation sites (tertiary alicyclic amines) is 1. The van der Waals surface area contributed by atoms with Crippen LogP contribution in [0.4, 0.5) is 0 Å². The molecule has 1 aliphatic heterocycles. The van der Waals surface area contributed by atoms with Crippen molar-refractivity contribution in [2.45, 2.75) is 39.8 Å². The van der Waals surface area contributed by atoms with Crippen LogP contribution in [-0.2, 0) is 13.6 Å². The Morgan fingerprint density at radius 3 is 2.69 bits per heavy atom. The van der Waals surface area contributed by atoms with Crippen LogP contribution in [-0.4, -0.2) is 42.7 Å². The second kappa shape index (κ2) is 6.55. The van der Waals surface area contributed by atoms with Gasteiger partial charge in [0, 0.05) is 44.0 Å². The van der Waals surface area contributed by atoms with Gasteiger partial charge in [0.25, 0.3) is 0 Å². The van der Waals surface area contributed by atoms with Gasteiger partial charge in [0.15, 0.2) is 0 Å². The first-order valence-electron chi connectivity index (χ1n) is 8.82. The van der Waals surface area contributed by atoms with Gasteiger partial charge in [-0.15, -0.1) is 0 Å². The van der Waals surface area contributed by atoms with Gasteiger partial charge < -0.3 is 4.52 Å². The highest BCUT2D eigenvalue weighted by Gasteiger charge is 2.28. The fraction of sp³-hybridized carbons (Fsp3) is 0.500. The van der Waals surface area contributed by atoms with Crippen molar-refractivity contribution in [3.05, 3.63) is 40.0 Å². The predicted octanol–water partition coefficient (Wildman–Crippen LogP) is 3.30. The summed E-state index contributed by atoms with van der Waals surface area (Å²) in [6.07, 6.45) is 1.08. The van der Waals surface area contributed by atoms with Crippen LogP contribution >= 0.6 is 11.6 Å². The Kier molecular flexibility index (Phi) is 4.36. The van der Waals surface area contributed by atoms with E-state index in [-0.39, 0.29) is 0 Å². The molecule has 0 aromatic carbocycles. The maximum Gasteiger partial charge on any atom is 0.134 e. The smallest absolute Gasteiger partial charge is 0.134 e. The first-order valence-corrected chi connectivity index (χ1v) is 9.20. The Bertz CT molecular complexity index is 940. The molecule has 26 heavy (non-hydrogen) atoms. The van der Waals surface area contributed by atoms with Gasteiger partial charge in [-0.25, -0.2) is 0 Å². The molecular weight excluding hydrogens is 352 g/mol. The van der Waals surface area contributed by atoms with Crippen LogP contribution in [0.25, 0.3) is 11.4 Å². The molecule has 1 atom stereocenters. The summed E-state index contributed by atoms with van der Waals surface area (Å²) in [7, 11) is 1.85. The molecule has 0 aliphatic carbocycles. The third-order valence-electron chi connectivity index (χ3n) is 4.96. The van der Waals surface area contributed by atoms with Gasteiger partial charge >= 0.3 is 0 Å². The second-order valence-corrected chi connectivity index (χ2v) is 7.47. The summed E-state index contributed by atoms with van der Waals surface area (Å²) in [5, 5.41) is 14.0. The molecule has 138 valence electrons. The molecule has 1 saturated heterocycles. The molecule has 0 bridgehead atoms. The summed E-state index contributed by atoms with van der Waals surface area (Å²) in [4.78, 5) is 2.40. The van der Waals surface area contributed by atoms with E-state index in [4.69, 9.17) is 16.1 Å². The highest BCUT2D eigenvalue weighted by atomic mass is 35.5. The summed E-state index contributed by atoms with van der Waals surface area (Å²) in [5.41, 5.74) is 4.81. The topological polar surface area (TPSA) is 64.9 Å². The summed E-state index contributed by atoms with van der Waals surface area (Å²) >= 11 is 6.53. The molecule has 4 rings (SSSR count). The van der Waals surface area contributed by atoms with E-state index in [0.717, 1.165) is 54.5 Å². The van der Waals surface area contributed by atoms with Crippen molar-refractivity contribution >= 4 is 11.6 Å². The zero-order chi connectivity index (χ0) is 18.4. The summed E-state index contributed by atoms with van der Waals surface area (Å²) in [5.74, 6) is 0.762. The molecule has 3 aromatic rings. The van der Waals surface area contributed by atoms with E-state index in [2.05, 4.69) is 37.9 Å². The van der Waals surface area contributed by atoms with Crippen LogP contribution in [0.15, 0.2) is 16.7 Å². The monoisotopic (exact) mass is 374 g/mol. The van der Waals surface area contributed by atoms with Gasteiger partial charge in [-0.1, -0.05) is 16.8 Å². The average Bonchev–Trinajstić information content (AvgIpc) is 3.34. The molecule has 3 aromatic heterocycles. The molecule has 1 fully saturated rings. The zero-order valence-corrected chi connectivity index (χ0v) is 16.3. The largest absolute Gasteiger partial charge is 0.361 e. The molecular formula is C18H23ClN6O. The highest BCUT2D eigenvalue weighted by molar-refractivity contribution is 6.30. The minimum absolute atomic E-state index is 0.400. The number of halogens is 1. The summed E-state index contributed by atoms with van der Waals surface area (Å²) in [6, 6.07) is 4.42. The standard InChI is InChI=1S/C18H23ClN6O/c1-11-7-12(2)25(20-11)14-5-6-24(9-14)10-15-17(21-23(4)18(15)19)16-8-13(3)26-22-16/h7-8,14H,5-6,9-10H2,1-4H3/t14-/m0/s1. The van der Waals surface area contributed by atoms with Crippen molar-refractivity contribution in [1.29, 1.82) is 0 Å². The maximum absolute atomic E-state index is 6.53. The second-order valence-electron chi connectivity index (χ2n) is 7.11. The van der Waals surface area contributed by atoms with Crippen LogP contribution in [0.1, 0.15) is 35.2 Å². The molecule has 8 heteroatoms. The van der Waals surface area contributed by atoms with E-state index in [1.165, 1.54) is 5.69 Å². The van der Waals surface area contributed by atoms with Gasteiger partial charge in [-0.3, -0.25) is 14.3 Å². The molecule has 4 heterocycles. The van der Waals surface area contributed by atoms with Crippen molar-refractivity contribution in [3.8, 4) is 11.4 Å². The van der Waals surface area contributed by atoms with Crippen molar-refractivity contribution in [2.75, 3.05) is 13.1 Å². The molecule has 0 unspecified atom stereocenters. The number of rotatable bonds is 4. The normalized spacial score (nSPS) is 18.1. The SMILES string of the molecule is Cc1cc(C)n([C@H]2CCN(Cc3c(-c4cc(C)on4)nn(C)c3Cl)C2)n1. The minimum Gasteiger partial charge on any atom is -0.361 e. The summed E-state index contributed by atoms with van der Waals surface area (Å²) in [6.45, 7) is 8.73. The highest BCUT2D eigenvalue weighted by Crippen LogP contribution is 2.31. The number of nitrogens with zero attached hydrogens (tertiary/aromatic N) is 6. The van der Waals surface area contributed by atoms with Gasteiger partial charge in [-0.05, 0) is 33.3 Å². The Morgan fingerprint density at radius 1 is 1.23 bits per heavy atom. The Hall–Kier alpha value is -2.12. The van der Waals surface area contributed by atoms with Crippen molar-refractivity contribution in [3.63, 3.8) is 0 Å². The van der Waals surface area contributed by atoms with Crippen LogP contribution in [0.2, 0.25) is 5.15 Å². The zero-order valence-electron chi connectivity index (χ0n) is 15.5. The first-order chi connectivity index (χ1) is 12.4. The minimum atomic E-state index is 0.400. The lowest BCUT2D eigenvalue weighted by atomic mass is 10.2. The molecule has 0 spiro atoms. The fourth-order valence-electron chi connectivity index (χ4n) is 3.77. The summed E-state index contributed by atoms with van der Waals surface area (Å²) < 4.78 is 9.07. The number of hydrogen-bond acceptors (Lipinski definition) is 5. The number of aromatic nitrogens is 5. The van der Waals surface area contributed by atoms with Gasteiger partial charge in [0.05, 0.1) is 11.7 Å². The quantitative estimate of drug-likeness (QED) is 0.701. The number of hydrogen-bond donors (Lipinski definition) is 0. The van der Waals surface area contributed by atoms with Gasteiger partial charge in [0.1, 0.15) is 22.3 Å². The fourth-order valence-corrected chi connectivity index (χ4v) is 3.95. The van der Waals surface area contributed by atoms with Gasteiger partial charge in [-0.2, -0.15) is 10.2 Å². The molecule has 7 nitrogen and oxygen atoms in total. The maximum atomic E-state index is 6.53. The lowest BCUT2D eigenvalue weighted by Gasteiger charge is -2.17. The Labute approximate surface area is 157 Å². The van der Waals surface area contributed by atoms with Crippen LogP contribution in [0.5, 0.6) is 0 Å². The molecule has 0 saturated carbocycles. The molecule has 1 aliphatic rings. The average molecular weight is 375 g/mol. The molecule has 0 radical (unpaired) electrons. The first kappa shape index (κ1) is 17.3. The third kappa shape index (κ3) is 3.05. The third-order valence-corrected chi connectivity index (χ3v) is 5.43. The number of aryl methyl sites for hydroxylation is 4. The lowest BCUT2D eigenvalue weighted by molar-refractivity contribution is 0.310. The predicted molar refractivity (Wildman–Crippen MR) is 99.1 cm³/mol. The van der Waals surface area contributed by atoms with E-state index < -0.39 is 0 Å². The Balaban J connectivity index is 1.56. The molecule has 0 N–H and O–H groups in total. The van der Waals surface area contributed by atoms with E-state index in [9.17, 15) is 0 Å². The van der Waals surface area contributed by atoms with Crippen LogP contribution in [0.3, 0.4) is 0 Å². The lowest BCUT2D eigenvalue weighted by Crippen LogP contribution is -2.22. The van der Waals surface area contributed by atoms with Crippen LogP contribution in [0, 0.1) is 20.8 Å². The van der Waals surface area contributed by atoms with Gasteiger partial charge in [0.2, 0.25) is 0 Å². The molecule has 0 amide bonds. The van der Waals surface area contributed by atoms with E-state index >= 15 is 0 Å². The van der Waals surface area contributed by atoms with Crippen molar-refractivity contribution in [2.24, 2.45) is 7.05 Å². The van der Waals surface area contributed by atoms with E-state index in [1.54, 1.807) is 4.68 Å². The van der Waals surface area contributed by atoms with E-state index in [1.807, 2.05) is 27.0 Å².